The van der Waals surface area contributed by atoms with E-state index in [1.54, 1.807) is 0 Å². The molecule has 0 N–H and O–H groups in total. The van der Waals surface area contributed by atoms with Crippen LogP contribution in [0.5, 0.6) is 0 Å². The number of rotatable bonds is 1. The second-order valence-electron chi connectivity index (χ2n) is 10.8. The van der Waals surface area contributed by atoms with Gasteiger partial charge in [0.25, 0.3) is 0 Å². The summed E-state index contributed by atoms with van der Waals surface area (Å²) in [7, 11) is -0.406. The number of hydrogen-bond acceptors (Lipinski definition) is 3. The predicted molar refractivity (Wildman–Crippen MR) is 144 cm³/mol. The van der Waals surface area contributed by atoms with Gasteiger partial charge in [-0.1, -0.05) is 96.7 Å². The summed E-state index contributed by atoms with van der Waals surface area (Å²) in [6.45, 7) is 8.48. The van der Waals surface area contributed by atoms with Crippen LogP contribution in [0.2, 0.25) is 0 Å². The van der Waals surface area contributed by atoms with E-state index < -0.39 is 7.12 Å². The third-order valence-electron chi connectivity index (χ3n) is 8.41. The fraction of sp³-hybridized carbons (Fsp3) is 0.226. The van der Waals surface area contributed by atoms with Gasteiger partial charge in [0.2, 0.25) is 0 Å². The molecule has 0 saturated carbocycles. The maximum Gasteiger partial charge on any atom is 0.496 e. The highest BCUT2D eigenvalue weighted by Crippen LogP contribution is 2.61. The van der Waals surface area contributed by atoms with Gasteiger partial charge in [0.15, 0.2) is 0 Å². The molecule has 2 heterocycles. The highest BCUT2D eigenvalue weighted by atomic mass is 32.2. The van der Waals surface area contributed by atoms with Crippen LogP contribution in [0.25, 0.3) is 11.1 Å². The van der Waals surface area contributed by atoms with Crippen LogP contribution in [0.3, 0.4) is 0 Å². The molecule has 0 radical (unpaired) electrons. The summed E-state index contributed by atoms with van der Waals surface area (Å²) >= 11 is 1.85. The van der Waals surface area contributed by atoms with Crippen molar-refractivity contribution in [1.29, 1.82) is 0 Å². The van der Waals surface area contributed by atoms with Gasteiger partial charge < -0.3 is 9.31 Å². The topological polar surface area (TPSA) is 18.5 Å². The lowest BCUT2D eigenvalue weighted by molar-refractivity contribution is 0.00578. The highest BCUT2D eigenvalue weighted by molar-refractivity contribution is 7.99. The summed E-state index contributed by atoms with van der Waals surface area (Å²) in [5.41, 5.74) is 7.96. The van der Waals surface area contributed by atoms with Gasteiger partial charge in [0, 0.05) is 9.79 Å². The Morgan fingerprint density at radius 1 is 0.571 bits per heavy atom. The van der Waals surface area contributed by atoms with Gasteiger partial charge in [0.1, 0.15) is 0 Å². The number of benzene rings is 4. The van der Waals surface area contributed by atoms with Gasteiger partial charge in [-0.05, 0) is 72.6 Å². The van der Waals surface area contributed by atoms with Crippen LogP contribution in [0, 0.1) is 0 Å². The normalized spacial score (nSPS) is 19.7. The van der Waals surface area contributed by atoms with Crippen LogP contribution < -0.4 is 5.46 Å². The molecule has 2 aliphatic heterocycles. The van der Waals surface area contributed by atoms with Crippen molar-refractivity contribution >= 4 is 24.3 Å². The maximum absolute atomic E-state index is 6.56. The summed E-state index contributed by atoms with van der Waals surface area (Å²) in [5.74, 6) is 0. The van der Waals surface area contributed by atoms with Crippen molar-refractivity contribution in [3.8, 4) is 11.1 Å². The zero-order valence-electron chi connectivity index (χ0n) is 20.5. The van der Waals surface area contributed by atoms with E-state index in [1.165, 1.54) is 43.2 Å². The minimum atomic E-state index is -0.406. The standard InChI is InChI=1S/C31H27BO2S/c1-29(2)30(3,4)34-32(33-29)26-18-11-17-25-28(26)35-27-19-10-9-16-24(27)31(25)22-14-7-5-12-20(22)21-13-6-8-15-23(21)31/h5-19H,1-4H3. The lowest BCUT2D eigenvalue weighted by atomic mass is 9.65. The Bertz CT molecular complexity index is 1440. The maximum atomic E-state index is 6.56. The van der Waals surface area contributed by atoms with E-state index in [-0.39, 0.29) is 16.6 Å². The molecule has 35 heavy (non-hydrogen) atoms. The number of fused-ring (bicyclic) bond motifs is 9. The predicted octanol–water partition coefficient (Wildman–Crippen LogP) is 6.81. The first-order chi connectivity index (χ1) is 16.8. The lowest BCUT2D eigenvalue weighted by Gasteiger charge is -2.40. The monoisotopic (exact) mass is 474 g/mol. The Balaban J connectivity index is 1.56. The molecule has 1 fully saturated rings. The Morgan fingerprint density at radius 2 is 1.09 bits per heavy atom. The fourth-order valence-electron chi connectivity index (χ4n) is 6.06. The molecule has 4 aromatic carbocycles. The van der Waals surface area contributed by atoms with E-state index in [0.29, 0.717) is 0 Å². The van der Waals surface area contributed by atoms with E-state index in [1.807, 2.05) is 11.8 Å². The van der Waals surface area contributed by atoms with Crippen LogP contribution in [0.1, 0.15) is 49.9 Å². The van der Waals surface area contributed by atoms with E-state index in [0.717, 1.165) is 5.46 Å². The molecular weight excluding hydrogens is 447 g/mol. The molecule has 7 rings (SSSR count). The van der Waals surface area contributed by atoms with Gasteiger partial charge in [0.05, 0.1) is 16.6 Å². The van der Waals surface area contributed by atoms with E-state index >= 15 is 0 Å². The van der Waals surface area contributed by atoms with Crippen molar-refractivity contribution in [2.45, 2.75) is 54.1 Å². The first kappa shape index (κ1) is 21.5. The van der Waals surface area contributed by atoms with Crippen molar-refractivity contribution in [1.82, 2.24) is 0 Å². The second kappa shape index (κ2) is 7.13. The summed E-state index contributed by atoms with van der Waals surface area (Å²) in [6, 6.07) is 33.4. The van der Waals surface area contributed by atoms with Gasteiger partial charge in [-0.15, -0.1) is 0 Å². The molecule has 172 valence electrons. The highest BCUT2D eigenvalue weighted by Gasteiger charge is 2.55. The molecule has 1 spiro atoms. The largest absolute Gasteiger partial charge is 0.496 e. The molecule has 4 heteroatoms. The Labute approximate surface area is 211 Å². The molecule has 0 bridgehead atoms. The van der Waals surface area contributed by atoms with Crippen molar-refractivity contribution in [3.63, 3.8) is 0 Å². The molecule has 4 aromatic rings. The van der Waals surface area contributed by atoms with Crippen LogP contribution in [-0.4, -0.2) is 18.3 Å². The molecule has 1 saturated heterocycles. The molecule has 0 amide bonds. The molecule has 2 nitrogen and oxygen atoms in total. The first-order valence-electron chi connectivity index (χ1n) is 12.3. The molecule has 0 aromatic heterocycles. The minimum Gasteiger partial charge on any atom is -0.399 e. The fourth-order valence-corrected chi connectivity index (χ4v) is 7.37. The lowest BCUT2D eigenvalue weighted by Crippen LogP contribution is -2.41. The average molecular weight is 474 g/mol. The summed E-state index contributed by atoms with van der Waals surface area (Å²) in [4.78, 5) is 2.53. The molecular formula is C31H27BO2S. The number of hydrogen-bond donors (Lipinski definition) is 0. The van der Waals surface area contributed by atoms with Gasteiger partial charge in [-0.3, -0.25) is 0 Å². The van der Waals surface area contributed by atoms with Crippen LogP contribution in [0.4, 0.5) is 0 Å². The zero-order valence-corrected chi connectivity index (χ0v) is 21.3. The summed E-state index contributed by atoms with van der Waals surface area (Å²) in [6.07, 6.45) is 0. The van der Waals surface area contributed by atoms with E-state index in [4.69, 9.17) is 9.31 Å². The Morgan fingerprint density at radius 3 is 1.71 bits per heavy atom. The van der Waals surface area contributed by atoms with Crippen molar-refractivity contribution in [3.05, 3.63) is 113 Å². The van der Waals surface area contributed by atoms with Gasteiger partial charge in [-0.2, -0.15) is 0 Å². The van der Waals surface area contributed by atoms with Crippen molar-refractivity contribution < 1.29 is 9.31 Å². The molecule has 0 atom stereocenters. The third kappa shape index (κ3) is 2.71. The van der Waals surface area contributed by atoms with E-state index in [2.05, 4.69) is 119 Å². The smallest absolute Gasteiger partial charge is 0.399 e. The summed E-state index contributed by atoms with van der Waals surface area (Å²) < 4.78 is 13.1. The van der Waals surface area contributed by atoms with Crippen LogP contribution in [-0.2, 0) is 14.7 Å². The minimum absolute atomic E-state index is 0.371. The van der Waals surface area contributed by atoms with Crippen molar-refractivity contribution in [2.24, 2.45) is 0 Å². The van der Waals surface area contributed by atoms with Crippen LogP contribution in [0.15, 0.2) is 101 Å². The zero-order chi connectivity index (χ0) is 24.0. The molecule has 3 aliphatic rings. The van der Waals surface area contributed by atoms with E-state index in [9.17, 15) is 0 Å². The summed E-state index contributed by atoms with van der Waals surface area (Å²) in [5, 5.41) is 0. The van der Waals surface area contributed by atoms with Gasteiger partial charge in [-0.25, -0.2) is 0 Å². The van der Waals surface area contributed by atoms with Crippen LogP contribution >= 0.6 is 11.8 Å². The first-order valence-corrected chi connectivity index (χ1v) is 13.1. The van der Waals surface area contributed by atoms with Gasteiger partial charge >= 0.3 is 7.12 Å². The quantitative estimate of drug-likeness (QED) is 0.244. The molecule has 0 unspecified atom stereocenters. The van der Waals surface area contributed by atoms with Crippen molar-refractivity contribution in [2.75, 3.05) is 0 Å². The molecule has 1 aliphatic carbocycles. The average Bonchev–Trinajstić information content (AvgIpc) is 3.27. The Hall–Kier alpha value is -2.79. The third-order valence-corrected chi connectivity index (χ3v) is 9.65. The SMILES string of the molecule is CC1(C)OB(c2cccc3c2Sc2ccccc2C32c3ccccc3-c3ccccc32)OC1(C)C. The Kier molecular flexibility index (Phi) is 4.38. The second-order valence-corrected chi connectivity index (χ2v) is 11.8.